The molecule has 5 heteroatoms. The molecule has 1 aliphatic heterocycles. The van der Waals surface area contributed by atoms with Crippen LogP contribution in [0.15, 0.2) is 0 Å². The fourth-order valence-corrected chi connectivity index (χ4v) is 1.12. The quantitative estimate of drug-likeness (QED) is 0.456. The summed E-state index contributed by atoms with van der Waals surface area (Å²) in [5.74, 6) is 0. The maximum absolute atomic E-state index is 10.4. The SMILES string of the molecule is O=C(O)N1CCN[C@H](CO)C1. The average molecular weight is 160 g/mol. The summed E-state index contributed by atoms with van der Waals surface area (Å²) in [7, 11) is 0. The molecule has 1 saturated heterocycles. The van der Waals surface area contributed by atoms with Crippen LogP contribution in [0.3, 0.4) is 0 Å². The molecule has 0 aliphatic carbocycles. The molecule has 64 valence electrons. The molecular weight excluding hydrogens is 148 g/mol. The molecule has 11 heavy (non-hydrogen) atoms. The molecule has 0 aromatic heterocycles. The molecule has 0 unspecified atom stereocenters. The highest BCUT2D eigenvalue weighted by Gasteiger charge is 2.21. The third-order valence-corrected chi connectivity index (χ3v) is 1.75. The maximum atomic E-state index is 10.4. The molecule has 3 N–H and O–H groups in total. The first-order valence-electron chi connectivity index (χ1n) is 3.56. The van der Waals surface area contributed by atoms with Crippen LogP contribution in [0, 0.1) is 0 Å². The highest BCUT2D eigenvalue weighted by molar-refractivity contribution is 5.65. The van der Waals surface area contributed by atoms with Gasteiger partial charge in [-0.1, -0.05) is 0 Å². The Morgan fingerprint density at radius 2 is 2.45 bits per heavy atom. The van der Waals surface area contributed by atoms with Gasteiger partial charge < -0.3 is 20.4 Å². The molecule has 0 aromatic rings. The standard InChI is InChI=1S/C6H12N2O3/c9-4-5-3-8(6(10)11)2-1-7-5/h5,7,9H,1-4H2,(H,10,11)/t5-/m0/s1. The lowest BCUT2D eigenvalue weighted by molar-refractivity contribution is 0.115. The van der Waals surface area contributed by atoms with Crippen molar-refractivity contribution in [2.75, 3.05) is 26.2 Å². The molecule has 0 saturated carbocycles. The Hall–Kier alpha value is -0.810. The number of hydrogen-bond donors (Lipinski definition) is 3. The van der Waals surface area contributed by atoms with Crippen LogP contribution in [0.4, 0.5) is 4.79 Å². The van der Waals surface area contributed by atoms with E-state index in [-0.39, 0.29) is 12.6 Å². The number of rotatable bonds is 1. The first-order valence-corrected chi connectivity index (χ1v) is 3.56. The molecule has 0 aromatic carbocycles. The largest absolute Gasteiger partial charge is 0.465 e. The van der Waals surface area contributed by atoms with Crippen molar-refractivity contribution in [2.24, 2.45) is 0 Å². The normalized spacial score (nSPS) is 25.2. The van der Waals surface area contributed by atoms with Gasteiger partial charge in [0.05, 0.1) is 6.61 Å². The minimum Gasteiger partial charge on any atom is -0.465 e. The zero-order valence-corrected chi connectivity index (χ0v) is 6.16. The second-order valence-corrected chi connectivity index (χ2v) is 2.56. The van der Waals surface area contributed by atoms with Gasteiger partial charge in [-0.05, 0) is 0 Å². The van der Waals surface area contributed by atoms with Crippen molar-refractivity contribution in [1.82, 2.24) is 10.2 Å². The minimum atomic E-state index is -0.912. The lowest BCUT2D eigenvalue weighted by Crippen LogP contribution is -2.53. The number of nitrogens with one attached hydrogen (secondary N) is 1. The highest BCUT2D eigenvalue weighted by Crippen LogP contribution is 1.97. The van der Waals surface area contributed by atoms with Gasteiger partial charge in [0, 0.05) is 25.7 Å². The van der Waals surface area contributed by atoms with E-state index < -0.39 is 6.09 Å². The zero-order chi connectivity index (χ0) is 8.27. The summed E-state index contributed by atoms with van der Waals surface area (Å²) >= 11 is 0. The molecule has 1 aliphatic rings. The van der Waals surface area contributed by atoms with E-state index in [4.69, 9.17) is 10.2 Å². The third kappa shape index (κ3) is 2.06. The van der Waals surface area contributed by atoms with Gasteiger partial charge in [0.2, 0.25) is 0 Å². The second-order valence-electron chi connectivity index (χ2n) is 2.56. The van der Waals surface area contributed by atoms with Gasteiger partial charge in [-0.2, -0.15) is 0 Å². The molecule has 0 radical (unpaired) electrons. The van der Waals surface area contributed by atoms with E-state index in [1.54, 1.807) is 0 Å². The van der Waals surface area contributed by atoms with Crippen molar-refractivity contribution >= 4 is 6.09 Å². The Bertz CT molecular complexity index is 151. The smallest absolute Gasteiger partial charge is 0.407 e. The maximum Gasteiger partial charge on any atom is 0.407 e. The summed E-state index contributed by atoms with van der Waals surface area (Å²) in [5, 5.41) is 20.3. The molecule has 5 nitrogen and oxygen atoms in total. The summed E-state index contributed by atoms with van der Waals surface area (Å²) in [6.45, 7) is 1.50. The van der Waals surface area contributed by atoms with Crippen molar-refractivity contribution in [1.29, 1.82) is 0 Å². The number of nitrogens with zero attached hydrogens (tertiary/aromatic N) is 1. The Labute approximate surface area is 64.6 Å². The molecule has 1 atom stereocenters. The van der Waals surface area contributed by atoms with Crippen LogP contribution in [0.1, 0.15) is 0 Å². The van der Waals surface area contributed by atoms with E-state index >= 15 is 0 Å². The molecule has 0 spiro atoms. The number of carboxylic acid groups (broad SMARTS) is 1. The number of piperazine rings is 1. The number of aliphatic hydroxyl groups excluding tert-OH is 1. The van der Waals surface area contributed by atoms with Crippen molar-refractivity contribution in [3.8, 4) is 0 Å². The van der Waals surface area contributed by atoms with E-state index in [1.165, 1.54) is 4.90 Å². The third-order valence-electron chi connectivity index (χ3n) is 1.75. The predicted molar refractivity (Wildman–Crippen MR) is 38.5 cm³/mol. The van der Waals surface area contributed by atoms with Crippen molar-refractivity contribution in [3.05, 3.63) is 0 Å². The Kier molecular flexibility index (Phi) is 2.67. The van der Waals surface area contributed by atoms with Crippen LogP contribution in [0.5, 0.6) is 0 Å². The van der Waals surface area contributed by atoms with E-state index in [0.29, 0.717) is 19.6 Å². The fraction of sp³-hybridized carbons (Fsp3) is 0.833. The molecule has 0 bridgehead atoms. The van der Waals surface area contributed by atoms with Crippen molar-refractivity contribution in [2.45, 2.75) is 6.04 Å². The lowest BCUT2D eigenvalue weighted by Gasteiger charge is -2.30. The zero-order valence-electron chi connectivity index (χ0n) is 6.16. The topological polar surface area (TPSA) is 72.8 Å². The van der Waals surface area contributed by atoms with Crippen molar-refractivity contribution < 1.29 is 15.0 Å². The monoisotopic (exact) mass is 160 g/mol. The summed E-state index contributed by atoms with van der Waals surface area (Å²) in [5.41, 5.74) is 0. The number of hydrogen-bond acceptors (Lipinski definition) is 3. The first-order chi connectivity index (χ1) is 5.24. The van der Waals surface area contributed by atoms with Gasteiger partial charge in [-0.25, -0.2) is 4.79 Å². The highest BCUT2D eigenvalue weighted by atomic mass is 16.4. The molecule has 1 fully saturated rings. The van der Waals surface area contributed by atoms with Gasteiger partial charge in [-0.3, -0.25) is 0 Å². The van der Waals surface area contributed by atoms with Gasteiger partial charge in [0.15, 0.2) is 0 Å². The minimum absolute atomic E-state index is 0.0101. The summed E-state index contributed by atoms with van der Waals surface area (Å²) in [4.78, 5) is 11.7. The van der Waals surface area contributed by atoms with Gasteiger partial charge in [-0.15, -0.1) is 0 Å². The van der Waals surface area contributed by atoms with Crippen LogP contribution in [-0.4, -0.2) is 53.5 Å². The number of amides is 1. The van der Waals surface area contributed by atoms with Crippen LogP contribution >= 0.6 is 0 Å². The molecule has 1 heterocycles. The van der Waals surface area contributed by atoms with Crippen LogP contribution in [0.2, 0.25) is 0 Å². The molecule has 1 rings (SSSR count). The fourth-order valence-electron chi connectivity index (χ4n) is 1.12. The predicted octanol–water partition coefficient (Wildman–Crippen LogP) is -1.07. The van der Waals surface area contributed by atoms with E-state index in [2.05, 4.69) is 5.32 Å². The number of carbonyl (C=O) groups is 1. The van der Waals surface area contributed by atoms with Crippen molar-refractivity contribution in [3.63, 3.8) is 0 Å². The first kappa shape index (κ1) is 8.29. The van der Waals surface area contributed by atoms with Gasteiger partial charge in [0.1, 0.15) is 0 Å². The van der Waals surface area contributed by atoms with Gasteiger partial charge >= 0.3 is 6.09 Å². The summed E-state index contributed by atoms with van der Waals surface area (Å²) < 4.78 is 0. The second kappa shape index (κ2) is 3.54. The van der Waals surface area contributed by atoms with Crippen LogP contribution in [0.25, 0.3) is 0 Å². The van der Waals surface area contributed by atoms with E-state index in [9.17, 15) is 4.79 Å². The summed E-state index contributed by atoms with van der Waals surface area (Å²) in [6, 6.07) is -0.0974. The summed E-state index contributed by atoms with van der Waals surface area (Å²) in [6.07, 6.45) is -0.912. The van der Waals surface area contributed by atoms with E-state index in [1.807, 2.05) is 0 Å². The average Bonchev–Trinajstić information content (AvgIpc) is 2.05. The molecule has 1 amide bonds. The Balaban J connectivity index is 2.39. The van der Waals surface area contributed by atoms with E-state index in [0.717, 1.165) is 0 Å². The lowest BCUT2D eigenvalue weighted by atomic mass is 10.2. The molecular formula is C6H12N2O3. The Morgan fingerprint density at radius 1 is 1.73 bits per heavy atom. The van der Waals surface area contributed by atoms with Gasteiger partial charge in [0.25, 0.3) is 0 Å². The number of aliphatic hydroxyl groups is 1. The Morgan fingerprint density at radius 3 is 3.00 bits per heavy atom. The van der Waals surface area contributed by atoms with Crippen LogP contribution in [-0.2, 0) is 0 Å². The van der Waals surface area contributed by atoms with Crippen LogP contribution < -0.4 is 5.32 Å².